The lowest BCUT2D eigenvalue weighted by Gasteiger charge is -2.28. The molecule has 0 bridgehead atoms. The molecule has 36 heavy (non-hydrogen) atoms. The first-order valence-electron chi connectivity index (χ1n) is 14.3. The third-order valence-electron chi connectivity index (χ3n) is 6.63. The summed E-state index contributed by atoms with van der Waals surface area (Å²) in [7, 11) is 0. The monoisotopic (exact) mass is 520 g/mol. The summed E-state index contributed by atoms with van der Waals surface area (Å²) in [6, 6.07) is 3.63. The number of esters is 2. The maximum absolute atomic E-state index is 13.1. The zero-order valence-corrected chi connectivity index (χ0v) is 23.5. The molecular weight excluding hydrogens is 472 g/mol. The van der Waals surface area contributed by atoms with Gasteiger partial charge in [0.1, 0.15) is 11.9 Å². The van der Waals surface area contributed by atoms with Gasteiger partial charge in [0.25, 0.3) is 0 Å². The van der Waals surface area contributed by atoms with Crippen molar-refractivity contribution in [1.82, 2.24) is 4.90 Å². The number of ether oxygens (including phenoxy) is 2. The van der Waals surface area contributed by atoms with E-state index in [1.807, 2.05) is 17.5 Å². The van der Waals surface area contributed by atoms with Gasteiger partial charge in [0.15, 0.2) is 0 Å². The van der Waals surface area contributed by atoms with Gasteiger partial charge in [0, 0.05) is 13.0 Å². The van der Waals surface area contributed by atoms with Gasteiger partial charge < -0.3 is 14.4 Å². The zero-order chi connectivity index (χ0) is 25.8. The van der Waals surface area contributed by atoms with Crippen LogP contribution in [-0.2, 0) is 19.1 Å². The second kappa shape index (κ2) is 19.3. The van der Waals surface area contributed by atoms with Crippen molar-refractivity contribution in [3.63, 3.8) is 0 Å². The highest BCUT2D eigenvalue weighted by molar-refractivity contribution is 7.12. The molecule has 1 unspecified atom stereocenters. The van der Waals surface area contributed by atoms with E-state index >= 15 is 0 Å². The van der Waals surface area contributed by atoms with Gasteiger partial charge in [-0.05, 0) is 37.1 Å². The van der Waals surface area contributed by atoms with Crippen LogP contribution in [0.15, 0.2) is 22.5 Å². The number of aliphatic imine (C=N–C) groups is 1. The predicted octanol–water partition coefficient (Wildman–Crippen LogP) is 7.16. The van der Waals surface area contributed by atoms with Gasteiger partial charge in [-0.1, -0.05) is 84.1 Å². The van der Waals surface area contributed by atoms with Crippen molar-refractivity contribution in [2.45, 2.75) is 116 Å². The smallest absolute Gasteiger partial charge is 0.328 e. The second-order valence-corrected chi connectivity index (χ2v) is 10.7. The van der Waals surface area contributed by atoms with E-state index in [0.29, 0.717) is 45.6 Å². The predicted molar refractivity (Wildman–Crippen MR) is 149 cm³/mol. The highest BCUT2D eigenvalue weighted by Crippen LogP contribution is 2.22. The van der Waals surface area contributed by atoms with Crippen molar-refractivity contribution >= 4 is 29.1 Å². The lowest BCUT2D eigenvalue weighted by molar-refractivity contribution is -0.149. The molecule has 0 radical (unpaired) electrons. The molecule has 0 amide bonds. The Bertz CT molecular complexity index is 750. The van der Waals surface area contributed by atoms with Crippen molar-refractivity contribution < 1.29 is 19.1 Å². The van der Waals surface area contributed by atoms with Crippen LogP contribution in [0.1, 0.15) is 115 Å². The van der Waals surface area contributed by atoms with Gasteiger partial charge in [-0.3, -0.25) is 9.79 Å². The molecule has 0 fully saturated rings. The van der Waals surface area contributed by atoms with E-state index < -0.39 is 6.04 Å². The number of hydrogen-bond acceptors (Lipinski definition) is 7. The minimum Gasteiger partial charge on any atom is -0.466 e. The van der Waals surface area contributed by atoms with E-state index in [1.54, 1.807) is 11.3 Å². The molecule has 1 aromatic rings. The lowest BCUT2D eigenvalue weighted by atomic mass is 10.1. The fourth-order valence-corrected chi connectivity index (χ4v) is 5.27. The van der Waals surface area contributed by atoms with Crippen molar-refractivity contribution in [1.29, 1.82) is 0 Å². The van der Waals surface area contributed by atoms with Crippen molar-refractivity contribution in [2.24, 2.45) is 4.99 Å². The molecule has 204 valence electrons. The maximum atomic E-state index is 13.1. The summed E-state index contributed by atoms with van der Waals surface area (Å²) in [6.07, 6.45) is 15.4. The Morgan fingerprint density at radius 3 is 2.19 bits per heavy atom. The molecule has 6 nitrogen and oxygen atoms in total. The van der Waals surface area contributed by atoms with E-state index in [4.69, 9.17) is 9.47 Å². The van der Waals surface area contributed by atoms with Gasteiger partial charge in [0.2, 0.25) is 0 Å². The second-order valence-electron chi connectivity index (χ2n) is 9.71. The van der Waals surface area contributed by atoms with Gasteiger partial charge in [-0.25, -0.2) is 4.79 Å². The van der Waals surface area contributed by atoms with E-state index in [1.165, 1.54) is 51.4 Å². The fraction of sp³-hybridized carbons (Fsp3) is 0.759. The van der Waals surface area contributed by atoms with Gasteiger partial charge in [0.05, 0.1) is 24.6 Å². The van der Waals surface area contributed by atoms with Crippen molar-refractivity contribution in [3.8, 4) is 0 Å². The number of carbonyl (C=O) groups is 2. The molecule has 2 rings (SSSR count). The van der Waals surface area contributed by atoms with E-state index in [0.717, 1.165) is 36.4 Å². The van der Waals surface area contributed by atoms with E-state index in [2.05, 4.69) is 23.7 Å². The van der Waals surface area contributed by atoms with Crippen LogP contribution in [0.4, 0.5) is 0 Å². The SMILES string of the molecule is CCCCCCCCOC(=O)CCCC(C(=O)OCCCCCCCC)N1CCN=C1c1cccs1. The Morgan fingerprint density at radius 1 is 0.917 bits per heavy atom. The van der Waals surface area contributed by atoms with Crippen molar-refractivity contribution in [2.75, 3.05) is 26.3 Å². The average Bonchev–Trinajstić information content (AvgIpc) is 3.57. The number of rotatable bonds is 21. The minimum atomic E-state index is -0.417. The Morgan fingerprint density at radius 2 is 1.56 bits per heavy atom. The first kappa shape index (κ1) is 30.3. The summed E-state index contributed by atoms with van der Waals surface area (Å²) < 4.78 is 11.1. The summed E-state index contributed by atoms with van der Waals surface area (Å²) >= 11 is 1.63. The Balaban J connectivity index is 1.79. The minimum absolute atomic E-state index is 0.170. The molecule has 0 N–H and O–H groups in total. The number of unbranched alkanes of at least 4 members (excludes halogenated alkanes) is 10. The molecule has 7 heteroatoms. The van der Waals surface area contributed by atoms with Crippen LogP contribution in [0, 0.1) is 0 Å². The number of thiophene rings is 1. The molecule has 0 saturated heterocycles. The molecule has 1 aromatic heterocycles. The molecular formula is C29H48N2O4S. The highest BCUT2D eigenvalue weighted by Gasteiger charge is 2.33. The first-order chi connectivity index (χ1) is 17.7. The molecule has 1 aliphatic rings. The Labute approximate surface area is 222 Å². The quantitative estimate of drug-likeness (QED) is 0.127. The summed E-state index contributed by atoms with van der Waals surface area (Å²) in [5, 5.41) is 2.03. The number of carbonyl (C=O) groups excluding carboxylic acids is 2. The van der Waals surface area contributed by atoms with Crippen LogP contribution in [0.3, 0.4) is 0 Å². The standard InChI is InChI=1S/C29H48N2O4S/c1-3-5-7-9-11-13-22-34-27(32)19-15-17-25(29(33)35-23-14-12-10-8-6-4-2)31-21-20-30-28(31)26-18-16-24-36-26/h16,18,24-25H,3-15,17,19-23H2,1-2H3. The molecule has 2 heterocycles. The van der Waals surface area contributed by atoms with E-state index in [-0.39, 0.29) is 11.9 Å². The van der Waals surface area contributed by atoms with Crippen LogP contribution in [0.5, 0.6) is 0 Å². The largest absolute Gasteiger partial charge is 0.466 e. The number of amidine groups is 1. The summed E-state index contributed by atoms with van der Waals surface area (Å²) in [4.78, 5) is 33.2. The first-order valence-corrected chi connectivity index (χ1v) is 15.2. The van der Waals surface area contributed by atoms with Gasteiger partial charge >= 0.3 is 11.9 Å². The van der Waals surface area contributed by atoms with Gasteiger partial charge in [-0.15, -0.1) is 11.3 Å². The third-order valence-corrected chi connectivity index (χ3v) is 7.49. The topological polar surface area (TPSA) is 68.2 Å². The highest BCUT2D eigenvalue weighted by atomic mass is 32.1. The zero-order valence-electron chi connectivity index (χ0n) is 22.7. The molecule has 1 atom stereocenters. The van der Waals surface area contributed by atoms with Gasteiger partial charge in [-0.2, -0.15) is 0 Å². The van der Waals surface area contributed by atoms with Crippen molar-refractivity contribution in [3.05, 3.63) is 22.4 Å². The Hall–Kier alpha value is -1.89. The number of hydrogen-bond donors (Lipinski definition) is 0. The summed E-state index contributed by atoms with van der Waals surface area (Å²) in [5.41, 5.74) is 0. The lowest BCUT2D eigenvalue weighted by Crippen LogP contribution is -2.44. The maximum Gasteiger partial charge on any atom is 0.328 e. The van der Waals surface area contributed by atoms with Crippen LogP contribution >= 0.6 is 11.3 Å². The van der Waals surface area contributed by atoms with E-state index in [9.17, 15) is 9.59 Å². The molecule has 0 aliphatic carbocycles. The summed E-state index contributed by atoms with van der Waals surface area (Å²) in [5.74, 6) is 0.503. The normalized spacial score (nSPS) is 14.1. The fourth-order valence-electron chi connectivity index (χ4n) is 4.52. The average molecular weight is 521 g/mol. The van der Waals surface area contributed by atoms with Crippen LogP contribution in [0.2, 0.25) is 0 Å². The van der Waals surface area contributed by atoms with Crippen LogP contribution in [-0.4, -0.2) is 55.0 Å². The molecule has 1 aliphatic heterocycles. The Kier molecular flexibility index (Phi) is 16.2. The summed E-state index contributed by atoms with van der Waals surface area (Å²) in [6.45, 7) is 6.75. The molecule has 0 aromatic carbocycles. The molecule has 0 saturated carbocycles. The third kappa shape index (κ3) is 11.9. The van der Waals surface area contributed by atoms with Crippen LogP contribution in [0.25, 0.3) is 0 Å². The molecule has 0 spiro atoms. The number of nitrogens with zero attached hydrogens (tertiary/aromatic N) is 2. The van der Waals surface area contributed by atoms with Crippen LogP contribution < -0.4 is 0 Å².